The molecule has 1 fully saturated rings. The van der Waals surface area contributed by atoms with Crippen LogP contribution in [0.5, 0.6) is 0 Å². The third-order valence-corrected chi connectivity index (χ3v) is 5.07. The number of hydrogen-bond donors (Lipinski definition) is 1. The SMILES string of the molecule is CC1CN(c2cccc(C(N)=O)c2-c2ccccc2)CC(C)N1C. The van der Waals surface area contributed by atoms with E-state index in [1.165, 1.54) is 0 Å². The fourth-order valence-electron chi connectivity index (χ4n) is 3.52. The van der Waals surface area contributed by atoms with E-state index in [0.29, 0.717) is 17.6 Å². The Morgan fingerprint density at radius 1 is 1.00 bits per heavy atom. The highest BCUT2D eigenvalue weighted by molar-refractivity contribution is 6.03. The molecular formula is C20H25N3O. The standard InChI is InChI=1S/C20H25N3O/c1-14-12-23(13-15(2)22(14)3)18-11-7-10-17(20(21)24)19(18)16-8-5-4-6-9-16/h4-11,14-15H,12-13H2,1-3H3,(H2,21,24). The monoisotopic (exact) mass is 323 g/mol. The first-order chi connectivity index (χ1) is 11.5. The minimum Gasteiger partial charge on any atom is -0.368 e. The van der Waals surface area contributed by atoms with Crippen molar-refractivity contribution in [1.82, 2.24) is 4.90 Å². The van der Waals surface area contributed by atoms with Gasteiger partial charge in [-0.25, -0.2) is 0 Å². The fraction of sp³-hybridized carbons (Fsp3) is 0.350. The topological polar surface area (TPSA) is 49.6 Å². The zero-order valence-electron chi connectivity index (χ0n) is 14.6. The van der Waals surface area contributed by atoms with Crippen LogP contribution < -0.4 is 10.6 Å². The number of piperazine rings is 1. The van der Waals surface area contributed by atoms with Crippen LogP contribution in [-0.2, 0) is 0 Å². The highest BCUT2D eigenvalue weighted by Gasteiger charge is 2.28. The molecule has 2 N–H and O–H groups in total. The number of hydrogen-bond acceptors (Lipinski definition) is 3. The molecule has 24 heavy (non-hydrogen) atoms. The minimum atomic E-state index is -0.383. The lowest BCUT2D eigenvalue weighted by Crippen LogP contribution is -2.55. The number of nitrogens with two attached hydrogens (primary N) is 1. The molecule has 4 nitrogen and oxygen atoms in total. The smallest absolute Gasteiger partial charge is 0.249 e. The molecule has 1 heterocycles. The van der Waals surface area contributed by atoms with Crippen LogP contribution in [0, 0.1) is 0 Å². The molecule has 0 aromatic heterocycles. The Labute approximate surface area is 143 Å². The Morgan fingerprint density at radius 3 is 2.21 bits per heavy atom. The van der Waals surface area contributed by atoms with Gasteiger partial charge in [-0.15, -0.1) is 0 Å². The Morgan fingerprint density at radius 2 is 1.62 bits per heavy atom. The maximum Gasteiger partial charge on any atom is 0.249 e. The lowest BCUT2D eigenvalue weighted by Gasteiger charge is -2.44. The molecule has 1 aliphatic rings. The summed E-state index contributed by atoms with van der Waals surface area (Å²) in [6.45, 7) is 6.34. The van der Waals surface area contributed by atoms with Gasteiger partial charge in [0.15, 0.2) is 0 Å². The van der Waals surface area contributed by atoms with Crippen LogP contribution in [0.4, 0.5) is 5.69 Å². The van der Waals surface area contributed by atoms with Gasteiger partial charge in [0, 0.05) is 42.0 Å². The summed E-state index contributed by atoms with van der Waals surface area (Å²) in [6.07, 6.45) is 0. The van der Waals surface area contributed by atoms with Crippen molar-refractivity contribution in [3.8, 4) is 11.1 Å². The van der Waals surface area contributed by atoms with Crippen LogP contribution in [0.25, 0.3) is 11.1 Å². The number of nitrogens with zero attached hydrogens (tertiary/aromatic N) is 2. The number of benzene rings is 2. The van der Waals surface area contributed by atoms with Crippen molar-refractivity contribution >= 4 is 11.6 Å². The molecule has 4 heteroatoms. The second-order valence-electron chi connectivity index (χ2n) is 6.70. The quantitative estimate of drug-likeness (QED) is 0.945. The zero-order valence-corrected chi connectivity index (χ0v) is 14.6. The molecule has 0 aliphatic carbocycles. The Kier molecular flexibility index (Phi) is 4.58. The number of likely N-dealkylation sites (N-methyl/N-ethyl adjacent to an activating group) is 1. The largest absolute Gasteiger partial charge is 0.368 e. The van der Waals surface area contributed by atoms with E-state index in [9.17, 15) is 4.79 Å². The summed E-state index contributed by atoms with van der Waals surface area (Å²) in [5.74, 6) is -0.383. The summed E-state index contributed by atoms with van der Waals surface area (Å²) in [5.41, 5.74) is 9.30. The molecule has 1 saturated heterocycles. The molecule has 0 saturated carbocycles. The average molecular weight is 323 g/mol. The van der Waals surface area contributed by atoms with Crippen molar-refractivity contribution in [1.29, 1.82) is 0 Å². The number of amides is 1. The summed E-state index contributed by atoms with van der Waals surface area (Å²) in [4.78, 5) is 16.8. The zero-order chi connectivity index (χ0) is 17.3. The predicted octanol–water partition coefficient (Wildman–Crippen LogP) is 2.98. The summed E-state index contributed by atoms with van der Waals surface area (Å²) in [5, 5.41) is 0. The summed E-state index contributed by atoms with van der Waals surface area (Å²) >= 11 is 0. The molecule has 3 rings (SSSR count). The molecule has 2 aromatic carbocycles. The van der Waals surface area contributed by atoms with E-state index in [-0.39, 0.29) is 5.91 Å². The lowest BCUT2D eigenvalue weighted by molar-refractivity contribution is 0.100. The number of carbonyl (C=O) groups excluding carboxylic acids is 1. The highest BCUT2D eigenvalue weighted by Crippen LogP contribution is 2.35. The molecule has 126 valence electrons. The summed E-state index contributed by atoms with van der Waals surface area (Å²) in [7, 11) is 2.17. The van der Waals surface area contributed by atoms with Gasteiger partial charge in [-0.1, -0.05) is 36.4 Å². The van der Waals surface area contributed by atoms with Crippen molar-refractivity contribution in [2.75, 3.05) is 25.0 Å². The van der Waals surface area contributed by atoms with Gasteiger partial charge in [0.25, 0.3) is 0 Å². The van der Waals surface area contributed by atoms with Crippen molar-refractivity contribution in [3.63, 3.8) is 0 Å². The van der Waals surface area contributed by atoms with Gasteiger partial charge in [-0.3, -0.25) is 9.69 Å². The number of primary amides is 1. The second kappa shape index (κ2) is 6.65. The molecule has 0 bridgehead atoms. The fourth-order valence-corrected chi connectivity index (χ4v) is 3.52. The molecule has 1 amide bonds. The van der Waals surface area contributed by atoms with Gasteiger partial charge in [0.1, 0.15) is 0 Å². The maximum atomic E-state index is 12.0. The van der Waals surface area contributed by atoms with E-state index in [4.69, 9.17) is 5.73 Å². The first-order valence-electron chi connectivity index (χ1n) is 8.44. The number of carbonyl (C=O) groups is 1. The predicted molar refractivity (Wildman–Crippen MR) is 99.3 cm³/mol. The molecule has 2 aromatic rings. The van der Waals surface area contributed by atoms with Gasteiger partial charge in [0.05, 0.1) is 0 Å². The van der Waals surface area contributed by atoms with Crippen LogP contribution in [0.15, 0.2) is 48.5 Å². The highest BCUT2D eigenvalue weighted by atomic mass is 16.1. The van der Waals surface area contributed by atoms with Crippen molar-refractivity contribution in [2.45, 2.75) is 25.9 Å². The van der Waals surface area contributed by atoms with Crippen LogP contribution in [0.1, 0.15) is 24.2 Å². The molecular weight excluding hydrogens is 298 g/mol. The Balaban J connectivity index is 2.11. The first kappa shape index (κ1) is 16.5. The van der Waals surface area contributed by atoms with Crippen molar-refractivity contribution in [3.05, 3.63) is 54.1 Å². The van der Waals surface area contributed by atoms with Gasteiger partial charge >= 0.3 is 0 Å². The van der Waals surface area contributed by atoms with Crippen LogP contribution in [0.3, 0.4) is 0 Å². The summed E-state index contributed by atoms with van der Waals surface area (Å²) in [6, 6.07) is 16.8. The van der Waals surface area contributed by atoms with E-state index in [0.717, 1.165) is 29.9 Å². The van der Waals surface area contributed by atoms with E-state index in [1.54, 1.807) is 0 Å². The van der Waals surface area contributed by atoms with Crippen LogP contribution >= 0.6 is 0 Å². The van der Waals surface area contributed by atoms with Gasteiger partial charge in [-0.05, 0) is 38.6 Å². The third kappa shape index (κ3) is 3.02. The maximum absolute atomic E-state index is 12.0. The van der Waals surface area contributed by atoms with E-state index in [2.05, 4.69) is 36.8 Å². The van der Waals surface area contributed by atoms with Gasteiger partial charge in [0.2, 0.25) is 5.91 Å². The van der Waals surface area contributed by atoms with E-state index >= 15 is 0 Å². The number of anilines is 1. The minimum absolute atomic E-state index is 0.383. The lowest BCUT2D eigenvalue weighted by atomic mass is 9.95. The van der Waals surface area contributed by atoms with Gasteiger partial charge < -0.3 is 10.6 Å². The van der Waals surface area contributed by atoms with Crippen LogP contribution in [0.2, 0.25) is 0 Å². The molecule has 0 spiro atoms. The second-order valence-corrected chi connectivity index (χ2v) is 6.70. The molecule has 2 unspecified atom stereocenters. The Hall–Kier alpha value is -2.33. The van der Waals surface area contributed by atoms with Crippen molar-refractivity contribution in [2.24, 2.45) is 5.73 Å². The van der Waals surface area contributed by atoms with Crippen LogP contribution in [-0.4, -0.2) is 43.0 Å². The number of rotatable bonds is 3. The normalized spacial score (nSPS) is 21.7. The Bertz CT molecular complexity index is 717. The van der Waals surface area contributed by atoms with E-state index in [1.807, 2.05) is 42.5 Å². The first-order valence-corrected chi connectivity index (χ1v) is 8.44. The van der Waals surface area contributed by atoms with Gasteiger partial charge in [-0.2, -0.15) is 0 Å². The van der Waals surface area contributed by atoms with Crippen molar-refractivity contribution < 1.29 is 4.79 Å². The van der Waals surface area contributed by atoms with E-state index < -0.39 is 0 Å². The molecule has 2 atom stereocenters. The molecule has 0 radical (unpaired) electrons. The average Bonchev–Trinajstić information content (AvgIpc) is 2.59. The molecule has 1 aliphatic heterocycles. The summed E-state index contributed by atoms with van der Waals surface area (Å²) < 4.78 is 0. The third-order valence-electron chi connectivity index (χ3n) is 5.07.